The van der Waals surface area contributed by atoms with E-state index in [1.165, 1.54) is 28.8 Å². The topological polar surface area (TPSA) is 179 Å². The Hall–Kier alpha value is -5.72. The zero-order valence-corrected chi connectivity index (χ0v) is 41.3. The average molecular weight is 991 g/mol. The lowest BCUT2D eigenvalue weighted by Gasteiger charge is -2.61. The molecule has 1 amide bonds. The Morgan fingerprint density at radius 2 is 1.71 bits per heavy atom. The van der Waals surface area contributed by atoms with Gasteiger partial charge in [0.1, 0.15) is 23.6 Å². The van der Waals surface area contributed by atoms with Crippen LogP contribution < -0.4 is 24.6 Å². The van der Waals surface area contributed by atoms with E-state index in [0.29, 0.717) is 35.5 Å². The summed E-state index contributed by atoms with van der Waals surface area (Å²) in [5, 5.41) is 17.3. The van der Waals surface area contributed by atoms with Crippen LogP contribution in [0.3, 0.4) is 0 Å². The van der Waals surface area contributed by atoms with E-state index < -0.39 is 20.9 Å². The largest absolute Gasteiger partial charge is 0.474 e. The third kappa shape index (κ3) is 9.34. The maximum absolute atomic E-state index is 14.4. The average Bonchev–Trinajstić information content (AvgIpc) is 3.79. The highest BCUT2D eigenvalue weighted by Crippen LogP contribution is 2.51. The van der Waals surface area contributed by atoms with E-state index in [-0.39, 0.29) is 45.3 Å². The maximum Gasteiger partial charge on any atom is 0.293 e. The second-order valence-electron chi connectivity index (χ2n) is 21.0. The van der Waals surface area contributed by atoms with Gasteiger partial charge in [-0.1, -0.05) is 43.2 Å². The van der Waals surface area contributed by atoms with Gasteiger partial charge in [-0.25, -0.2) is 13.1 Å². The number of rotatable bonds is 12. The third-order valence-electron chi connectivity index (χ3n) is 15.6. The summed E-state index contributed by atoms with van der Waals surface area (Å²) in [5.74, 6) is -0.476. The van der Waals surface area contributed by atoms with Crippen molar-refractivity contribution in [1.82, 2.24) is 24.5 Å². The van der Waals surface area contributed by atoms with Crippen molar-refractivity contribution in [1.29, 1.82) is 0 Å². The van der Waals surface area contributed by atoms with Crippen LogP contribution in [0.1, 0.15) is 74.7 Å². The number of aromatic amines is 1. The number of amides is 1. The number of benzene rings is 3. The van der Waals surface area contributed by atoms with Crippen molar-refractivity contribution < 1.29 is 27.6 Å². The lowest BCUT2D eigenvalue weighted by Crippen LogP contribution is -2.67. The van der Waals surface area contributed by atoms with Crippen LogP contribution in [0, 0.1) is 20.9 Å². The number of nitro groups is 1. The van der Waals surface area contributed by atoms with Gasteiger partial charge in [0.2, 0.25) is 5.88 Å². The van der Waals surface area contributed by atoms with E-state index >= 15 is 0 Å². The SMILES string of the molecule is CC1(C)CCC(CN2CCN(c3ccc(C(=O)NS(=O)(=O)c4ccc(NC5CC6(C5)CN(C5CCOCC5)C6)c([N+](=O)[O-])c4)c(N4CCOc5nc6[nH]ccc6cc54)c3)CC2)=C(c2ccc(Cl)cc2)C1. The van der Waals surface area contributed by atoms with Crippen molar-refractivity contribution in [3.63, 3.8) is 0 Å². The fourth-order valence-corrected chi connectivity index (χ4v) is 12.9. The molecule has 2 aliphatic carbocycles. The molecule has 1 spiro atoms. The molecule has 0 radical (unpaired) electrons. The number of sulfonamides is 1. The van der Waals surface area contributed by atoms with E-state index in [4.69, 9.17) is 26.1 Å². The summed E-state index contributed by atoms with van der Waals surface area (Å²) >= 11 is 6.28. The molecule has 4 aliphatic heterocycles. The monoisotopic (exact) mass is 989 g/mol. The normalized spacial score (nSPS) is 21.0. The number of likely N-dealkylation sites (tertiary alicyclic amines) is 1. The Kier molecular flexibility index (Phi) is 12.3. The van der Waals surface area contributed by atoms with E-state index in [2.05, 4.69) is 55.7 Å². The van der Waals surface area contributed by atoms with E-state index in [1.807, 2.05) is 41.3 Å². The number of allylic oxidation sites excluding steroid dienone is 1. The highest BCUT2D eigenvalue weighted by Gasteiger charge is 2.54. The third-order valence-corrected chi connectivity index (χ3v) is 17.2. The Morgan fingerprint density at radius 1 is 0.943 bits per heavy atom. The van der Waals surface area contributed by atoms with E-state index in [1.54, 1.807) is 12.3 Å². The van der Waals surface area contributed by atoms with Crippen LogP contribution in [-0.4, -0.2) is 123 Å². The number of nitro benzene ring substituents is 1. The fraction of sp³-hybridized carbons (Fsp3) is 0.462. The smallest absolute Gasteiger partial charge is 0.293 e. The number of H-pyrrole nitrogens is 1. The van der Waals surface area contributed by atoms with Crippen molar-refractivity contribution in [2.24, 2.45) is 10.8 Å². The molecule has 11 rings (SSSR count). The zero-order valence-electron chi connectivity index (χ0n) is 39.7. The molecule has 3 saturated heterocycles. The van der Waals surface area contributed by atoms with Crippen LogP contribution in [0.2, 0.25) is 5.02 Å². The van der Waals surface area contributed by atoms with Gasteiger partial charge in [0.25, 0.3) is 21.6 Å². The summed E-state index contributed by atoms with van der Waals surface area (Å²) in [5.41, 5.74) is 7.26. The van der Waals surface area contributed by atoms with Gasteiger partial charge in [-0.2, -0.15) is 4.98 Å². The first-order valence-electron chi connectivity index (χ1n) is 24.6. The minimum absolute atomic E-state index is 0.0397. The van der Waals surface area contributed by atoms with Crippen LogP contribution in [0.5, 0.6) is 5.88 Å². The van der Waals surface area contributed by atoms with Gasteiger partial charge in [-0.3, -0.25) is 24.7 Å². The Labute approximate surface area is 413 Å². The Balaban J connectivity index is 0.817. The number of nitrogens with one attached hydrogen (secondary N) is 3. The highest BCUT2D eigenvalue weighted by molar-refractivity contribution is 7.90. The molecular formula is C52H60ClN9O7S. The number of pyridine rings is 1. The molecule has 1 saturated carbocycles. The summed E-state index contributed by atoms with van der Waals surface area (Å²) in [6, 6.07) is 21.9. The molecule has 0 bridgehead atoms. The summed E-state index contributed by atoms with van der Waals surface area (Å²) < 4.78 is 41.9. The number of halogens is 1. The highest BCUT2D eigenvalue weighted by atomic mass is 35.5. The predicted octanol–water partition coefficient (Wildman–Crippen LogP) is 8.61. The lowest BCUT2D eigenvalue weighted by molar-refractivity contribution is -0.384. The predicted molar refractivity (Wildman–Crippen MR) is 272 cm³/mol. The van der Waals surface area contributed by atoms with Gasteiger partial charge >= 0.3 is 0 Å². The number of ether oxygens (including phenoxy) is 2. The van der Waals surface area contributed by atoms with Gasteiger partial charge in [-0.15, -0.1) is 0 Å². The Bertz CT molecular complexity index is 2970. The van der Waals surface area contributed by atoms with Gasteiger partial charge in [0.15, 0.2) is 0 Å². The molecule has 16 nitrogen and oxygen atoms in total. The molecule has 6 aliphatic rings. The molecule has 0 unspecified atom stereocenters. The molecule has 0 atom stereocenters. The minimum atomic E-state index is -4.57. The van der Waals surface area contributed by atoms with Crippen molar-refractivity contribution in [2.45, 2.75) is 75.8 Å². The number of carbonyl (C=O) groups is 1. The quantitative estimate of drug-likeness (QED) is 0.0800. The summed E-state index contributed by atoms with van der Waals surface area (Å²) in [6.45, 7) is 13.1. The van der Waals surface area contributed by atoms with Crippen LogP contribution in [0.4, 0.5) is 28.4 Å². The number of hydrogen-bond donors (Lipinski definition) is 3. The first kappa shape index (κ1) is 46.7. The van der Waals surface area contributed by atoms with Crippen LogP contribution >= 0.6 is 11.6 Å². The summed E-state index contributed by atoms with van der Waals surface area (Å²) in [6.07, 6.45) is 8.89. The second kappa shape index (κ2) is 18.5. The number of nitrogens with zero attached hydrogens (tertiary/aromatic N) is 6. The molecule has 70 heavy (non-hydrogen) atoms. The van der Waals surface area contributed by atoms with Gasteiger partial charge in [0.05, 0.1) is 27.6 Å². The molecule has 18 heteroatoms. The van der Waals surface area contributed by atoms with Gasteiger partial charge in [0, 0.05) is 99.5 Å². The summed E-state index contributed by atoms with van der Waals surface area (Å²) in [7, 11) is -4.57. The van der Waals surface area contributed by atoms with E-state index in [9.17, 15) is 23.3 Å². The molecule has 3 N–H and O–H groups in total. The number of piperazine rings is 1. The number of aromatic nitrogens is 2. The first-order valence-corrected chi connectivity index (χ1v) is 26.4. The molecule has 6 heterocycles. The van der Waals surface area contributed by atoms with Crippen LogP contribution in [0.25, 0.3) is 16.6 Å². The number of hydrogen-bond acceptors (Lipinski definition) is 13. The van der Waals surface area contributed by atoms with Crippen LogP contribution in [-0.2, 0) is 14.8 Å². The van der Waals surface area contributed by atoms with Gasteiger partial charge in [-0.05, 0) is 122 Å². The molecule has 2 aromatic heterocycles. The standard InChI is InChI=1S/C52H60ClN9O7S/c1-51(2)15-11-36(43(30-51)34-3-5-37(53)6-4-34)31-58-17-19-59(20-18-58)40-7-9-42(45(26-40)61-21-24-69-50-47(61)25-35-12-16-54-48(35)56-50)49(63)57-70(66,67)41-8-10-44(46(27-41)62(64)65)55-38-28-52(29-38)32-60(33-52)39-13-22-68-23-14-39/h3-10,12,16,25-27,38-39,55H,11,13-15,17-24,28-33H2,1-2H3,(H,54,56)(H,57,63). The maximum atomic E-state index is 14.4. The van der Waals surface area contributed by atoms with Crippen molar-refractivity contribution in [3.8, 4) is 5.88 Å². The molecule has 3 aromatic carbocycles. The second-order valence-corrected chi connectivity index (χ2v) is 23.1. The Morgan fingerprint density at radius 3 is 2.47 bits per heavy atom. The number of anilines is 4. The van der Waals surface area contributed by atoms with Crippen molar-refractivity contribution in [2.75, 3.05) is 87.3 Å². The van der Waals surface area contributed by atoms with Gasteiger partial charge < -0.3 is 29.6 Å². The number of carbonyl (C=O) groups excluding carboxylic acids is 1. The van der Waals surface area contributed by atoms with Crippen molar-refractivity contribution in [3.05, 3.63) is 111 Å². The van der Waals surface area contributed by atoms with E-state index in [0.717, 1.165) is 126 Å². The molecule has 368 valence electrons. The fourth-order valence-electron chi connectivity index (χ4n) is 11.8. The number of fused-ring (bicyclic) bond motifs is 2. The van der Waals surface area contributed by atoms with Crippen LogP contribution in [0.15, 0.2) is 89.5 Å². The zero-order chi connectivity index (χ0) is 48.4. The first-order chi connectivity index (χ1) is 33.7. The minimum Gasteiger partial charge on any atom is -0.474 e. The van der Waals surface area contributed by atoms with Crippen molar-refractivity contribution >= 4 is 72.6 Å². The molecule has 5 aromatic rings. The lowest BCUT2D eigenvalue weighted by atomic mass is 9.60. The molecular weight excluding hydrogens is 930 g/mol. The molecule has 4 fully saturated rings. The summed E-state index contributed by atoms with van der Waals surface area (Å²) in [4.78, 5) is 43.0.